The Labute approximate surface area is 110 Å². The predicted octanol–water partition coefficient (Wildman–Crippen LogP) is 4.30. The topological polar surface area (TPSA) is 26.0 Å². The van der Waals surface area contributed by atoms with Crippen molar-refractivity contribution in [2.24, 2.45) is 11.7 Å². The first-order valence-corrected chi connectivity index (χ1v) is 6.93. The van der Waals surface area contributed by atoms with Crippen LogP contribution in [0.15, 0.2) is 42.0 Å². The summed E-state index contributed by atoms with van der Waals surface area (Å²) in [7, 11) is 0. The molecule has 1 aromatic carbocycles. The molecule has 0 spiro atoms. The smallest absolute Gasteiger partial charge is 0.0178 e. The molecule has 2 N–H and O–H groups in total. The van der Waals surface area contributed by atoms with Gasteiger partial charge in [0, 0.05) is 6.54 Å². The van der Waals surface area contributed by atoms with E-state index in [9.17, 15) is 0 Å². The fourth-order valence-corrected chi connectivity index (χ4v) is 2.42. The molecule has 0 amide bonds. The summed E-state index contributed by atoms with van der Waals surface area (Å²) in [5, 5.41) is 0. The van der Waals surface area contributed by atoms with Gasteiger partial charge in [0.25, 0.3) is 0 Å². The monoisotopic (exact) mass is 241 g/mol. The van der Waals surface area contributed by atoms with Crippen LogP contribution >= 0.6 is 0 Å². The molecule has 0 aromatic heterocycles. The van der Waals surface area contributed by atoms with E-state index in [1.54, 1.807) is 5.57 Å². The predicted molar refractivity (Wildman–Crippen MR) is 79.1 cm³/mol. The summed E-state index contributed by atoms with van der Waals surface area (Å²) in [6.45, 7) is 5.20. The van der Waals surface area contributed by atoms with Crippen molar-refractivity contribution in [2.45, 2.75) is 39.7 Å². The number of rotatable bonds is 4. The van der Waals surface area contributed by atoms with E-state index in [2.05, 4.69) is 50.3 Å². The van der Waals surface area contributed by atoms with Crippen molar-refractivity contribution in [1.29, 1.82) is 0 Å². The van der Waals surface area contributed by atoms with Gasteiger partial charge in [-0.05, 0) is 41.9 Å². The van der Waals surface area contributed by atoms with E-state index < -0.39 is 0 Å². The molecular formula is C17H23N. The van der Waals surface area contributed by atoms with Crippen LogP contribution in [-0.4, -0.2) is 0 Å². The summed E-state index contributed by atoms with van der Waals surface area (Å²) in [5.74, 6) is 0.724. The van der Waals surface area contributed by atoms with E-state index in [4.69, 9.17) is 5.73 Å². The maximum Gasteiger partial charge on any atom is 0.0178 e. The molecule has 0 bridgehead atoms. The fourth-order valence-electron chi connectivity index (χ4n) is 2.42. The maximum atomic E-state index is 5.62. The van der Waals surface area contributed by atoms with Crippen molar-refractivity contribution in [1.82, 2.24) is 0 Å². The molecule has 1 aliphatic rings. The molecule has 0 radical (unpaired) electrons. The second-order valence-electron chi connectivity index (χ2n) is 5.14. The zero-order valence-corrected chi connectivity index (χ0v) is 11.4. The highest BCUT2D eigenvalue weighted by Gasteiger charge is 2.12. The molecule has 0 saturated heterocycles. The van der Waals surface area contributed by atoms with Crippen molar-refractivity contribution in [3.8, 4) is 0 Å². The van der Waals surface area contributed by atoms with Crippen molar-refractivity contribution in [3.05, 3.63) is 53.1 Å². The van der Waals surface area contributed by atoms with E-state index in [0.717, 1.165) is 12.3 Å². The highest BCUT2D eigenvalue weighted by atomic mass is 14.5. The fraction of sp³-hybridized carbons (Fsp3) is 0.412. The quantitative estimate of drug-likeness (QED) is 0.836. The molecule has 0 saturated carbocycles. The molecule has 1 atom stereocenters. The molecule has 0 aliphatic heterocycles. The molecule has 1 nitrogen and oxygen atoms in total. The van der Waals surface area contributed by atoms with Crippen LogP contribution in [0.1, 0.15) is 44.2 Å². The van der Waals surface area contributed by atoms with E-state index in [-0.39, 0.29) is 0 Å². The van der Waals surface area contributed by atoms with Crippen molar-refractivity contribution in [3.63, 3.8) is 0 Å². The Bertz CT molecular complexity index is 451. The van der Waals surface area contributed by atoms with Crippen LogP contribution in [0, 0.1) is 5.92 Å². The number of allylic oxidation sites excluding steroid dienone is 4. The minimum atomic E-state index is 0.622. The third-order valence-electron chi connectivity index (χ3n) is 3.99. The standard InChI is InChI=1S/C17H23N/c1-3-13(2)15-8-10-17(11-9-15)16-6-4-14(12-18)5-7-16/h4-8,10,13H,3,9,11-12,18H2,1-2H3. The Kier molecular flexibility index (Phi) is 4.38. The zero-order chi connectivity index (χ0) is 13.0. The second kappa shape index (κ2) is 6.01. The van der Waals surface area contributed by atoms with Gasteiger partial charge in [-0.2, -0.15) is 0 Å². The summed E-state index contributed by atoms with van der Waals surface area (Å²) in [4.78, 5) is 0. The van der Waals surface area contributed by atoms with Crippen molar-refractivity contribution < 1.29 is 0 Å². The lowest BCUT2D eigenvalue weighted by molar-refractivity contribution is 0.623. The van der Waals surface area contributed by atoms with Crippen LogP contribution in [0.25, 0.3) is 5.57 Å². The van der Waals surface area contributed by atoms with Gasteiger partial charge in [-0.1, -0.05) is 55.8 Å². The van der Waals surface area contributed by atoms with Crippen LogP contribution in [0.3, 0.4) is 0 Å². The third-order valence-corrected chi connectivity index (χ3v) is 3.99. The lowest BCUT2D eigenvalue weighted by atomic mass is 9.86. The van der Waals surface area contributed by atoms with Gasteiger partial charge in [0.1, 0.15) is 0 Å². The molecule has 0 heterocycles. The Morgan fingerprint density at radius 3 is 2.33 bits per heavy atom. The lowest BCUT2D eigenvalue weighted by Gasteiger charge is -2.19. The Morgan fingerprint density at radius 1 is 1.11 bits per heavy atom. The lowest BCUT2D eigenvalue weighted by Crippen LogP contribution is -2.02. The SMILES string of the molecule is CCC(C)C1=CC=C(c2ccc(CN)cc2)CC1. The molecule has 2 rings (SSSR count). The van der Waals surface area contributed by atoms with Gasteiger partial charge in [-0.3, -0.25) is 0 Å². The Morgan fingerprint density at radius 2 is 1.83 bits per heavy atom. The highest BCUT2D eigenvalue weighted by molar-refractivity contribution is 5.69. The van der Waals surface area contributed by atoms with Crippen LogP contribution in [0.5, 0.6) is 0 Å². The van der Waals surface area contributed by atoms with Crippen molar-refractivity contribution >= 4 is 5.57 Å². The normalized spacial score (nSPS) is 17.1. The molecule has 96 valence electrons. The van der Waals surface area contributed by atoms with Crippen LogP contribution in [0.4, 0.5) is 0 Å². The van der Waals surface area contributed by atoms with Gasteiger partial charge in [0.15, 0.2) is 0 Å². The first-order valence-electron chi connectivity index (χ1n) is 6.93. The summed E-state index contributed by atoms with van der Waals surface area (Å²) in [6, 6.07) is 8.64. The first-order chi connectivity index (χ1) is 8.74. The maximum absolute atomic E-state index is 5.62. The molecule has 0 fully saturated rings. The largest absolute Gasteiger partial charge is 0.326 e. The van der Waals surface area contributed by atoms with Crippen LogP contribution in [0.2, 0.25) is 0 Å². The summed E-state index contributed by atoms with van der Waals surface area (Å²) < 4.78 is 0. The average Bonchev–Trinajstić information content (AvgIpc) is 2.47. The van der Waals surface area contributed by atoms with E-state index in [0.29, 0.717) is 6.54 Å². The van der Waals surface area contributed by atoms with Gasteiger partial charge < -0.3 is 5.73 Å². The second-order valence-corrected chi connectivity index (χ2v) is 5.14. The third kappa shape index (κ3) is 2.91. The van der Waals surface area contributed by atoms with E-state index >= 15 is 0 Å². The van der Waals surface area contributed by atoms with Crippen LogP contribution in [-0.2, 0) is 6.54 Å². The molecule has 1 heteroatoms. The van der Waals surface area contributed by atoms with Crippen molar-refractivity contribution in [2.75, 3.05) is 0 Å². The minimum Gasteiger partial charge on any atom is -0.326 e. The molecule has 1 aliphatic carbocycles. The number of hydrogen-bond donors (Lipinski definition) is 1. The first kappa shape index (κ1) is 13.1. The van der Waals surface area contributed by atoms with Crippen LogP contribution < -0.4 is 5.73 Å². The molecule has 18 heavy (non-hydrogen) atoms. The van der Waals surface area contributed by atoms with Gasteiger partial charge >= 0.3 is 0 Å². The van der Waals surface area contributed by atoms with E-state index in [1.165, 1.54) is 29.5 Å². The summed E-state index contributed by atoms with van der Waals surface area (Å²) in [5.41, 5.74) is 11.2. The number of benzene rings is 1. The average molecular weight is 241 g/mol. The Hall–Kier alpha value is -1.34. The zero-order valence-electron chi connectivity index (χ0n) is 11.4. The number of hydrogen-bond acceptors (Lipinski definition) is 1. The Balaban J connectivity index is 2.15. The minimum absolute atomic E-state index is 0.622. The van der Waals surface area contributed by atoms with E-state index in [1.807, 2.05) is 0 Å². The molecule has 1 aromatic rings. The van der Waals surface area contributed by atoms with Gasteiger partial charge in [0.2, 0.25) is 0 Å². The summed E-state index contributed by atoms with van der Waals surface area (Å²) in [6.07, 6.45) is 8.23. The molecular weight excluding hydrogens is 218 g/mol. The van der Waals surface area contributed by atoms with Gasteiger partial charge in [-0.15, -0.1) is 0 Å². The van der Waals surface area contributed by atoms with Gasteiger partial charge in [0.05, 0.1) is 0 Å². The van der Waals surface area contributed by atoms with Gasteiger partial charge in [-0.25, -0.2) is 0 Å². The number of nitrogens with two attached hydrogens (primary N) is 1. The highest BCUT2D eigenvalue weighted by Crippen LogP contribution is 2.30. The molecule has 1 unspecified atom stereocenters. The summed E-state index contributed by atoms with van der Waals surface area (Å²) >= 11 is 0.